The number of aromatic hydroxyl groups is 1. The molecule has 1 aliphatic rings. The van der Waals surface area contributed by atoms with E-state index >= 15 is 0 Å². The van der Waals surface area contributed by atoms with E-state index in [1.165, 1.54) is 50.5 Å². The van der Waals surface area contributed by atoms with E-state index < -0.39 is 78.3 Å². The number of phenols is 1. The second-order valence-electron chi connectivity index (χ2n) is 17.5. The number of carboxylic acid groups (broad SMARTS) is 1. The standard InChI is InChI=1S/C47H61N9O11/c1-24-34(21-51-41(52-24)27-8-10-29(11-9-27)47(3,4)5)43(61)54-35(13-14-48)45(63)56(6)39-28-17-33(40(59)38(18-28)67-23-31(58)20-50)32-15-26(7-12-37(32)66-22-30(57)19-49)16-36(46(64)65)55-42(60)25(2)53-44(39)62/h7-12,15,17-18,21,25,30-31,35-36,39,57-59H,13-14,16,19-20,22-23,48-50H2,1-6H3,(H,53,62)(H,54,61)(H,55,60)(H,64,65)/t25-,30+,31+,35-,36-,39?/m0/s1. The van der Waals surface area contributed by atoms with Crippen molar-refractivity contribution in [1.29, 1.82) is 0 Å². The van der Waals surface area contributed by atoms with E-state index in [2.05, 4.69) is 46.7 Å². The van der Waals surface area contributed by atoms with Gasteiger partial charge in [-0.25, -0.2) is 14.8 Å². The van der Waals surface area contributed by atoms with Crippen molar-refractivity contribution < 1.29 is 53.9 Å². The quantitative estimate of drug-likeness (QED) is 0.0743. The number of likely N-dealkylation sites (N-methyl/N-ethyl adjacent to an activating group) is 1. The lowest BCUT2D eigenvalue weighted by Crippen LogP contribution is -2.55. The Hall–Kier alpha value is -6.71. The molecule has 13 N–H and O–H groups in total. The molecule has 4 bridgehead atoms. The maximum Gasteiger partial charge on any atom is 0.326 e. The summed E-state index contributed by atoms with van der Waals surface area (Å²) in [6.07, 6.45) is -1.27. The second kappa shape index (κ2) is 22.2. The van der Waals surface area contributed by atoms with Gasteiger partial charge in [0.25, 0.3) is 5.91 Å². The molecule has 5 rings (SSSR count). The van der Waals surface area contributed by atoms with Crippen LogP contribution in [0.5, 0.6) is 17.2 Å². The Labute approximate surface area is 388 Å². The number of hydrogen-bond donors (Lipinski definition) is 10. The Kier molecular flexibility index (Phi) is 17.0. The average Bonchev–Trinajstić information content (AvgIpc) is 3.29. The van der Waals surface area contributed by atoms with E-state index in [0.29, 0.717) is 17.1 Å². The van der Waals surface area contributed by atoms with Gasteiger partial charge in [-0.2, -0.15) is 0 Å². The van der Waals surface area contributed by atoms with E-state index in [4.69, 9.17) is 26.7 Å². The summed E-state index contributed by atoms with van der Waals surface area (Å²) in [5.41, 5.74) is 19.9. The van der Waals surface area contributed by atoms with Crippen molar-refractivity contribution in [3.8, 4) is 39.8 Å². The van der Waals surface area contributed by atoms with Crippen LogP contribution in [0.1, 0.15) is 72.9 Å². The third-order valence-corrected chi connectivity index (χ3v) is 11.2. The summed E-state index contributed by atoms with van der Waals surface area (Å²) < 4.78 is 11.8. The largest absolute Gasteiger partial charge is 0.504 e. The summed E-state index contributed by atoms with van der Waals surface area (Å²) >= 11 is 0. The molecule has 0 saturated heterocycles. The molecular weight excluding hydrogens is 867 g/mol. The number of carbonyl (C=O) groups is 5. The van der Waals surface area contributed by atoms with Gasteiger partial charge in [0.15, 0.2) is 17.3 Å². The number of nitrogens with zero attached hydrogens (tertiary/aromatic N) is 3. The van der Waals surface area contributed by atoms with Crippen molar-refractivity contribution in [1.82, 2.24) is 30.8 Å². The maximum atomic E-state index is 14.7. The van der Waals surface area contributed by atoms with Crippen LogP contribution in [0.25, 0.3) is 22.5 Å². The van der Waals surface area contributed by atoms with Crippen molar-refractivity contribution in [3.63, 3.8) is 0 Å². The summed E-state index contributed by atoms with van der Waals surface area (Å²) in [4.78, 5) is 79.2. The van der Waals surface area contributed by atoms with Gasteiger partial charge in [0.05, 0.1) is 11.3 Å². The monoisotopic (exact) mass is 927 g/mol. The molecule has 67 heavy (non-hydrogen) atoms. The third-order valence-electron chi connectivity index (χ3n) is 11.2. The number of aryl methyl sites for hydroxylation is 1. The number of carboxylic acids is 1. The number of benzene rings is 3. The van der Waals surface area contributed by atoms with Gasteiger partial charge in [-0.1, -0.05) is 51.1 Å². The van der Waals surface area contributed by atoms with Gasteiger partial charge in [-0.15, -0.1) is 0 Å². The molecule has 0 fully saturated rings. The van der Waals surface area contributed by atoms with Crippen molar-refractivity contribution >= 4 is 29.6 Å². The van der Waals surface area contributed by atoms with Crippen LogP contribution in [0.2, 0.25) is 0 Å². The van der Waals surface area contributed by atoms with Gasteiger partial charge in [-0.3, -0.25) is 19.2 Å². The van der Waals surface area contributed by atoms with E-state index in [9.17, 15) is 44.4 Å². The summed E-state index contributed by atoms with van der Waals surface area (Å²) in [6.45, 7) is 8.12. The minimum absolute atomic E-state index is 0.0120. The number of aliphatic hydroxyl groups is 2. The molecule has 360 valence electrons. The second-order valence-corrected chi connectivity index (χ2v) is 17.5. The third kappa shape index (κ3) is 12.6. The predicted molar refractivity (Wildman–Crippen MR) is 247 cm³/mol. The number of carbonyl (C=O) groups excluding carboxylic acids is 4. The molecule has 20 heteroatoms. The molecule has 6 atom stereocenters. The van der Waals surface area contributed by atoms with Crippen LogP contribution in [0.4, 0.5) is 0 Å². The predicted octanol–water partition coefficient (Wildman–Crippen LogP) is 0.796. The SMILES string of the molecule is Cc1nc(-c2ccc(C(C)(C)C)cc2)ncc1C(=O)N[C@@H](CCN)C(=O)N(C)C1C(=O)N[C@@H](C)C(=O)N[C@H](C(=O)O)Cc2ccc(OC[C@H](O)CN)c(c2)-c2cc1cc(OC[C@H](O)CN)c2O. The van der Waals surface area contributed by atoms with Crippen LogP contribution in [0.3, 0.4) is 0 Å². The molecule has 20 nitrogen and oxygen atoms in total. The molecule has 0 aliphatic carbocycles. The topological polar surface area (TPSA) is 328 Å². The highest BCUT2D eigenvalue weighted by Gasteiger charge is 2.37. The number of nitrogens with two attached hydrogens (primary N) is 3. The number of amides is 4. The minimum atomic E-state index is -1.65. The van der Waals surface area contributed by atoms with Crippen molar-refractivity contribution in [2.45, 2.75) is 89.3 Å². The first-order valence-corrected chi connectivity index (χ1v) is 21.7. The number of ether oxygens (including phenoxy) is 2. The number of rotatable bonds is 16. The Morgan fingerprint density at radius 3 is 2.13 bits per heavy atom. The summed E-state index contributed by atoms with van der Waals surface area (Å²) in [5, 5.41) is 50.4. The first-order chi connectivity index (χ1) is 31.7. The van der Waals surface area contributed by atoms with E-state index in [0.717, 1.165) is 16.0 Å². The molecular formula is C47H61N9O11. The Balaban J connectivity index is 1.61. The summed E-state index contributed by atoms with van der Waals surface area (Å²) in [7, 11) is 1.29. The highest BCUT2D eigenvalue weighted by atomic mass is 16.5. The molecule has 1 aliphatic heterocycles. The first kappa shape index (κ1) is 51.3. The van der Waals surface area contributed by atoms with Crippen LogP contribution < -0.4 is 42.6 Å². The number of hydrogen-bond acceptors (Lipinski definition) is 15. The summed E-state index contributed by atoms with van der Waals surface area (Å²) in [6, 6.07) is 9.10. The molecule has 0 radical (unpaired) electrons. The van der Waals surface area contributed by atoms with Gasteiger partial charge in [0, 0.05) is 49.4 Å². The average molecular weight is 928 g/mol. The minimum Gasteiger partial charge on any atom is -0.504 e. The fraction of sp³-hybridized carbons (Fsp3) is 0.426. The van der Waals surface area contributed by atoms with Crippen LogP contribution >= 0.6 is 0 Å². The van der Waals surface area contributed by atoms with Crippen LogP contribution in [-0.4, -0.2) is 135 Å². The molecule has 4 aromatic rings. The number of aromatic nitrogens is 2. The molecule has 1 unspecified atom stereocenters. The van der Waals surface area contributed by atoms with Crippen molar-refractivity contribution in [2.24, 2.45) is 17.2 Å². The molecule has 3 aromatic carbocycles. The number of aliphatic carboxylic acids is 1. The smallest absolute Gasteiger partial charge is 0.326 e. The van der Waals surface area contributed by atoms with Gasteiger partial charge in [0.1, 0.15) is 55.3 Å². The summed E-state index contributed by atoms with van der Waals surface area (Å²) in [5.74, 6) is -4.98. The number of phenolic OH excluding ortho intramolecular Hbond substituents is 1. The van der Waals surface area contributed by atoms with Crippen LogP contribution in [0, 0.1) is 6.92 Å². The van der Waals surface area contributed by atoms with Crippen LogP contribution in [-0.2, 0) is 31.0 Å². The maximum absolute atomic E-state index is 14.7. The van der Waals surface area contributed by atoms with E-state index in [-0.39, 0.29) is 78.3 Å². The Morgan fingerprint density at radius 1 is 0.910 bits per heavy atom. The fourth-order valence-electron chi connectivity index (χ4n) is 7.27. The number of aliphatic hydroxyl groups excluding tert-OH is 2. The zero-order chi connectivity index (χ0) is 49.3. The van der Waals surface area contributed by atoms with E-state index in [1.54, 1.807) is 6.92 Å². The molecule has 4 amide bonds. The molecule has 0 spiro atoms. The lowest BCUT2D eigenvalue weighted by Gasteiger charge is -2.33. The lowest BCUT2D eigenvalue weighted by molar-refractivity contribution is -0.143. The number of fused-ring (bicyclic) bond motifs is 5. The van der Waals surface area contributed by atoms with E-state index in [1.807, 2.05) is 24.3 Å². The highest BCUT2D eigenvalue weighted by molar-refractivity contribution is 6.00. The van der Waals surface area contributed by atoms with Gasteiger partial charge >= 0.3 is 5.97 Å². The van der Waals surface area contributed by atoms with Crippen molar-refractivity contribution in [3.05, 3.63) is 88.7 Å². The Morgan fingerprint density at radius 2 is 1.55 bits per heavy atom. The molecule has 0 saturated carbocycles. The Bertz CT molecular complexity index is 2440. The van der Waals surface area contributed by atoms with Gasteiger partial charge < -0.3 is 68.0 Å². The van der Waals surface area contributed by atoms with Crippen molar-refractivity contribution in [2.75, 3.05) is 39.9 Å². The first-order valence-electron chi connectivity index (χ1n) is 21.7. The van der Waals surface area contributed by atoms with Gasteiger partial charge in [0.2, 0.25) is 17.7 Å². The normalized spacial score (nSPS) is 17.7. The molecule has 2 heterocycles. The van der Waals surface area contributed by atoms with Crippen LogP contribution in [0.15, 0.2) is 60.8 Å². The molecule has 1 aromatic heterocycles. The fourth-order valence-corrected chi connectivity index (χ4v) is 7.27. The highest BCUT2D eigenvalue weighted by Crippen LogP contribution is 2.45. The number of nitrogens with one attached hydrogen (secondary N) is 3. The zero-order valence-corrected chi connectivity index (χ0v) is 38.4. The zero-order valence-electron chi connectivity index (χ0n) is 38.4. The lowest BCUT2D eigenvalue weighted by atomic mass is 9.87. The van der Waals surface area contributed by atoms with Gasteiger partial charge in [-0.05, 0) is 73.2 Å².